The summed E-state index contributed by atoms with van der Waals surface area (Å²) in [5.41, 5.74) is 2.08. The van der Waals surface area contributed by atoms with Crippen molar-refractivity contribution in [3.05, 3.63) is 65.3 Å². The van der Waals surface area contributed by atoms with Gasteiger partial charge in [0, 0.05) is 48.1 Å². The minimum absolute atomic E-state index is 0.181. The molecule has 1 aliphatic rings. The lowest BCUT2D eigenvalue weighted by Crippen LogP contribution is -2.38. The van der Waals surface area contributed by atoms with E-state index in [1.807, 2.05) is 24.3 Å². The summed E-state index contributed by atoms with van der Waals surface area (Å²) in [5.74, 6) is 1.09. The van der Waals surface area contributed by atoms with E-state index in [4.69, 9.17) is 0 Å². The Morgan fingerprint density at radius 3 is 3.00 bits per heavy atom. The molecule has 1 atom stereocenters. The number of amides is 2. The zero-order chi connectivity index (χ0) is 20.1. The number of hydrogen-bond donors (Lipinski definition) is 2. The zero-order valence-corrected chi connectivity index (χ0v) is 17.4. The van der Waals surface area contributed by atoms with E-state index in [9.17, 15) is 4.79 Å². The van der Waals surface area contributed by atoms with Crippen molar-refractivity contribution in [2.75, 3.05) is 24.5 Å². The Labute approximate surface area is 177 Å². The molecule has 0 saturated carbocycles. The normalized spacial score (nSPS) is 16.0. The fourth-order valence-electron chi connectivity index (χ4n) is 3.47. The van der Waals surface area contributed by atoms with Gasteiger partial charge in [0.25, 0.3) is 0 Å². The van der Waals surface area contributed by atoms with Gasteiger partial charge >= 0.3 is 6.03 Å². The second kappa shape index (κ2) is 9.04. The molecule has 8 nitrogen and oxygen atoms in total. The minimum Gasteiger partial charge on any atom is -0.371 e. The summed E-state index contributed by atoms with van der Waals surface area (Å²) in [6, 6.07) is 11.9. The molecule has 1 aliphatic heterocycles. The van der Waals surface area contributed by atoms with Crippen LogP contribution in [0.3, 0.4) is 0 Å². The first-order valence-corrected chi connectivity index (χ1v) is 10.3. The molecule has 2 N–H and O–H groups in total. The number of halogens is 1. The number of aromatic nitrogens is 4. The van der Waals surface area contributed by atoms with Crippen LogP contribution in [0.25, 0.3) is 5.82 Å². The summed E-state index contributed by atoms with van der Waals surface area (Å²) >= 11 is 3.52. The smallest absolute Gasteiger partial charge is 0.315 e. The molecule has 1 saturated heterocycles. The third-order valence-corrected chi connectivity index (χ3v) is 5.45. The van der Waals surface area contributed by atoms with E-state index in [2.05, 4.69) is 58.7 Å². The number of carbonyl (C=O) groups excluding carboxylic acids is 1. The Bertz CT molecular complexity index is 963. The number of hydrogen-bond acceptors (Lipinski definition) is 5. The molecule has 3 heterocycles. The highest BCUT2D eigenvalue weighted by atomic mass is 79.9. The zero-order valence-electron chi connectivity index (χ0n) is 15.8. The number of nitrogens with one attached hydrogen (secondary N) is 2. The summed E-state index contributed by atoms with van der Waals surface area (Å²) in [5, 5.41) is 10.0. The van der Waals surface area contributed by atoms with Crippen LogP contribution in [0.4, 0.5) is 10.5 Å². The Hall–Kier alpha value is -2.94. The third kappa shape index (κ3) is 4.92. The topological polar surface area (TPSA) is 88.0 Å². The summed E-state index contributed by atoms with van der Waals surface area (Å²) in [6.45, 7) is 2.96. The molecule has 150 valence electrons. The van der Waals surface area contributed by atoms with Gasteiger partial charge in [-0.3, -0.25) is 0 Å². The standard InChI is InChI=1S/C20H22BrN7O/c21-17-4-1-5-18(9-17)27-8-6-15(12-27)10-24-20(29)25-11-16-3-2-7-23-19(16)28-14-22-13-26-28/h1-5,7,9,13-15H,6,8,10-12H2,(H2,24,25,29). The first kappa shape index (κ1) is 19.4. The van der Waals surface area contributed by atoms with Gasteiger partial charge in [0.2, 0.25) is 0 Å². The van der Waals surface area contributed by atoms with Crippen molar-refractivity contribution in [2.24, 2.45) is 5.92 Å². The van der Waals surface area contributed by atoms with Crippen LogP contribution < -0.4 is 15.5 Å². The predicted molar refractivity (Wildman–Crippen MR) is 114 cm³/mol. The van der Waals surface area contributed by atoms with Gasteiger partial charge in [-0.25, -0.2) is 19.4 Å². The second-order valence-electron chi connectivity index (χ2n) is 6.97. The molecule has 3 aromatic rings. The fraction of sp³-hybridized carbons (Fsp3) is 0.300. The predicted octanol–water partition coefficient (Wildman–Crippen LogP) is 2.75. The van der Waals surface area contributed by atoms with E-state index >= 15 is 0 Å². The average molecular weight is 456 g/mol. The second-order valence-corrected chi connectivity index (χ2v) is 7.89. The van der Waals surface area contributed by atoms with Gasteiger partial charge in [0.05, 0.1) is 0 Å². The molecule has 0 aliphatic carbocycles. The van der Waals surface area contributed by atoms with E-state index in [1.165, 1.54) is 12.0 Å². The lowest BCUT2D eigenvalue weighted by atomic mass is 10.1. The number of carbonyl (C=O) groups is 1. The summed E-state index contributed by atoms with van der Waals surface area (Å²) in [7, 11) is 0. The SMILES string of the molecule is O=C(NCc1cccnc1-n1cncn1)NCC1CCN(c2cccc(Br)c2)C1. The molecular weight excluding hydrogens is 434 g/mol. The highest BCUT2D eigenvalue weighted by Gasteiger charge is 2.23. The van der Waals surface area contributed by atoms with Crippen LogP contribution in [0.2, 0.25) is 0 Å². The van der Waals surface area contributed by atoms with E-state index in [1.54, 1.807) is 17.2 Å². The van der Waals surface area contributed by atoms with Gasteiger partial charge in [-0.05, 0) is 36.6 Å². The van der Waals surface area contributed by atoms with Crippen LogP contribution in [0, 0.1) is 5.92 Å². The van der Waals surface area contributed by atoms with Crippen LogP contribution in [0.5, 0.6) is 0 Å². The summed E-state index contributed by atoms with van der Waals surface area (Å²) < 4.78 is 2.67. The van der Waals surface area contributed by atoms with Gasteiger partial charge in [0.1, 0.15) is 12.7 Å². The maximum atomic E-state index is 12.3. The summed E-state index contributed by atoms with van der Waals surface area (Å²) in [6.07, 6.45) is 5.80. The minimum atomic E-state index is -0.181. The Morgan fingerprint density at radius 1 is 1.24 bits per heavy atom. The van der Waals surface area contributed by atoms with Crippen molar-refractivity contribution in [2.45, 2.75) is 13.0 Å². The molecule has 29 heavy (non-hydrogen) atoms. The number of pyridine rings is 1. The van der Waals surface area contributed by atoms with Crippen LogP contribution in [0.15, 0.2) is 59.7 Å². The fourth-order valence-corrected chi connectivity index (χ4v) is 3.86. The van der Waals surface area contributed by atoms with Crippen molar-refractivity contribution < 1.29 is 4.79 Å². The van der Waals surface area contributed by atoms with Crippen molar-refractivity contribution in [1.82, 2.24) is 30.4 Å². The first-order chi connectivity index (χ1) is 14.2. The molecule has 4 rings (SSSR count). The van der Waals surface area contributed by atoms with Crippen molar-refractivity contribution >= 4 is 27.6 Å². The molecule has 0 bridgehead atoms. The molecule has 9 heteroatoms. The molecule has 2 aromatic heterocycles. The average Bonchev–Trinajstić information content (AvgIpc) is 3.43. The highest BCUT2D eigenvalue weighted by molar-refractivity contribution is 9.10. The molecular formula is C20H22BrN7O. The largest absolute Gasteiger partial charge is 0.371 e. The van der Waals surface area contributed by atoms with Crippen molar-refractivity contribution in [1.29, 1.82) is 0 Å². The number of anilines is 1. The Kier molecular flexibility index (Phi) is 6.04. The molecule has 0 radical (unpaired) electrons. The highest BCUT2D eigenvalue weighted by Crippen LogP contribution is 2.25. The van der Waals surface area contributed by atoms with Crippen LogP contribution >= 0.6 is 15.9 Å². The van der Waals surface area contributed by atoms with Gasteiger partial charge in [-0.2, -0.15) is 5.10 Å². The lowest BCUT2D eigenvalue weighted by molar-refractivity contribution is 0.239. The molecule has 1 fully saturated rings. The van der Waals surface area contributed by atoms with Gasteiger partial charge in [-0.15, -0.1) is 0 Å². The van der Waals surface area contributed by atoms with Crippen LogP contribution in [-0.2, 0) is 6.54 Å². The Balaban J connectivity index is 1.25. The molecule has 1 aromatic carbocycles. The lowest BCUT2D eigenvalue weighted by Gasteiger charge is -2.19. The van der Waals surface area contributed by atoms with Crippen molar-refractivity contribution in [3.8, 4) is 5.82 Å². The van der Waals surface area contributed by atoms with Gasteiger partial charge < -0.3 is 15.5 Å². The van der Waals surface area contributed by atoms with Crippen molar-refractivity contribution in [3.63, 3.8) is 0 Å². The number of nitrogens with zero attached hydrogens (tertiary/aromatic N) is 5. The summed E-state index contributed by atoms with van der Waals surface area (Å²) in [4.78, 5) is 22.9. The maximum Gasteiger partial charge on any atom is 0.315 e. The molecule has 2 amide bonds. The van der Waals surface area contributed by atoms with E-state index < -0.39 is 0 Å². The number of urea groups is 1. The number of rotatable bonds is 6. The van der Waals surface area contributed by atoms with Gasteiger partial charge in [0.15, 0.2) is 5.82 Å². The number of benzene rings is 1. The first-order valence-electron chi connectivity index (χ1n) is 9.50. The molecule has 1 unspecified atom stereocenters. The Morgan fingerprint density at radius 2 is 2.17 bits per heavy atom. The van der Waals surface area contributed by atoms with E-state index in [-0.39, 0.29) is 6.03 Å². The van der Waals surface area contributed by atoms with Crippen LogP contribution in [0.1, 0.15) is 12.0 Å². The third-order valence-electron chi connectivity index (χ3n) is 4.95. The quantitative estimate of drug-likeness (QED) is 0.596. The van der Waals surface area contributed by atoms with E-state index in [0.717, 1.165) is 29.5 Å². The van der Waals surface area contributed by atoms with E-state index in [0.29, 0.717) is 24.8 Å². The molecule has 0 spiro atoms. The maximum absolute atomic E-state index is 12.3. The van der Waals surface area contributed by atoms with Crippen LogP contribution in [-0.4, -0.2) is 45.4 Å². The monoisotopic (exact) mass is 455 g/mol. The van der Waals surface area contributed by atoms with Gasteiger partial charge in [-0.1, -0.05) is 28.1 Å².